The summed E-state index contributed by atoms with van der Waals surface area (Å²) in [5.74, 6) is 1.57. The van der Waals surface area contributed by atoms with Crippen molar-refractivity contribution in [1.29, 1.82) is 0 Å². The molecule has 2 nitrogen and oxygen atoms in total. The zero-order chi connectivity index (χ0) is 12.7. The van der Waals surface area contributed by atoms with Crippen molar-refractivity contribution in [3.05, 3.63) is 34.3 Å². The van der Waals surface area contributed by atoms with Crippen LogP contribution in [0.15, 0.2) is 28.7 Å². The minimum Gasteiger partial charge on any atom is -0.353 e. The normalized spacial score (nSPS) is 27.7. The molecule has 2 aliphatic carbocycles. The van der Waals surface area contributed by atoms with Gasteiger partial charge in [0, 0.05) is 16.4 Å². The van der Waals surface area contributed by atoms with Crippen LogP contribution in [-0.4, -0.2) is 11.9 Å². The highest BCUT2D eigenvalue weighted by atomic mass is 79.9. The van der Waals surface area contributed by atoms with Crippen LogP contribution in [0.4, 0.5) is 0 Å². The number of benzene rings is 1. The minimum absolute atomic E-state index is 0.185. The van der Waals surface area contributed by atoms with Crippen molar-refractivity contribution in [1.82, 2.24) is 5.32 Å². The fourth-order valence-electron chi connectivity index (χ4n) is 2.65. The zero-order valence-electron chi connectivity index (χ0n) is 10.5. The molecule has 96 valence electrons. The van der Waals surface area contributed by atoms with Crippen LogP contribution in [0.3, 0.4) is 0 Å². The number of carbonyl (C=O) groups excluding carboxylic acids is 1. The average molecular weight is 308 g/mol. The third-order valence-electron chi connectivity index (χ3n) is 4.13. The lowest BCUT2D eigenvalue weighted by molar-refractivity contribution is -0.123. The zero-order valence-corrected chi connectivity index (χ0v) is 12.1. The van der Waals surface area contributed by atoms with Gasteiger partial charge in [0.05, 0.1) is 0 Å². The van der Waals surface area contributed by atoms with Crippen LogP contribution in [0.5, 0.6) is 0 Å². The predicted molar refractivity (Wildman–Crippen MR) is 75.3 cm³/mol. The van der Waals surface area contributed by atoms with E-state index in [2.05, 4.69) is 40.3 Å². The maximum atomic E-state index is 12.1. The Morgan fingerprint density at radius 2 is 2.11 bits per heavy atom. The number of halogens is 1. The molecular formula is C15H18BrNO. The largest absolute Gasteiger partial charge is 0.353 e. The monoisotopic (exact) mass is 307 g/mol. The number of hydrogen-bond donors (Lipinski definition) is 1. The van der Waals surface area contributed by atoms with Crippen LogP contribution in [0.25, 0.3) is 0 Å². The Bertz CT molecular complexity index is 469. The van der Waals surface area contributed by atoms with Crippen LogP contribution < -0.4 is 5.32 Å². The average Bonchev–Trinajstić information content (AvgIpc) is 3.22. The SMILES string of the molecule is C[C@H](NC(=O)[C@H]1C[C@H]1c1ccccc1Br)C1CC1. The van der Waals surface area contributed by atoms with Gasteiger partial charge in [-0.25, -0.2) is 0 Å². The molecule has 1 aromatic rings. The quantitative estimate of drug-likeness (QED) is 0.906. The molecule has 3 rings (SSSR count). The lowest BCUT2D eigenvalue weighted by atomic mass is 10.1. The summed E-state index contributed by atoms with van der Waals surface area (Å²) in [5.41, 5.74) is 1.27. The molecule has 0 radical (unpaired) electrons. The summed E-state index contributed by atoms with van der Waals surface area (Å²) in [6, 6.07) is 8.58. The number of amides is 1. The third kappa shape index (κ3) is 2.46. The second kappa shape index (κ2) is 4.69. The van der Waals surface area contributed by atoms with Crippen molar-refractivity contribution in [3.63, 3.8) is 0 Å². The summed E-state index contributed by atoms with van der Waals surface area (Å²) in [5, 5.41) is 3.17. The lowest BCUT2D eigenvalue weighted by Crippen LogP contribution is -2.35. The molecule has 0 saturated heterocycles. The second-order valence-electron chi connectivity index (χ2n) is 5.60. The van der Waals surface area contributed by atoms with E-state index in [-0.39, 0.29) is 11.8 Å². The first-order valence-corrected chi connectivity index (χ1v) is 7.51. The topological polar surface area (TPSA) is 29.1 Å². The number of rotatable bonds is 4. The highest BCUT2D eigenvalue weighted by Gasteiger charge is 2.45. The fourth-order valence-corrected chi connectivity index (χ4v) is 3.23. The van der Waals surface area contributed by atoms with Crippen LogP contribution in [0.1, 0.15) is 37.7 Å². The van der Waals surface area contributed by atoms with Crippen molar-refractivity contribution in [2.24, 2.45) is 11.8 Å². The van der Waals surface area contributed by atoms with E-state index in [1.807, 2.05) is 12.1 Å². The van der Waals surface area contributed by atoms with Gasteiger partial charge in [0.2, 0.25) is 5.91 Å². The van der Waals surface area contributed by atoms with Crippen LogP contribution in [-0.2, 0) is 4.79 Å². The first-order valence-electron chi connectivity index (χ1n) is 6.71. The van der Waals surface area contributed by atoms with E-state index < -0.39 is 0 Å². The highest BCUT2D eigenvalue weighted by Crippen LogP contribution is 2.49. The van der Waals surface area contributed by atoms with E-state index in [4.69, 9.17) is 0 Å². The van der Waals surface area contributed by atoms with Crippen molar-refractivity contribution >= 4 is 21.8 Å². The molecule has 2 fully saturated rings. The Morgan fingerprint density at radius 3 is 2.78 bits per heavy atom. The van der Waals surface area contributed by atoms with Gasteiger partial charge in [-0.15, -0.1) is 0 Å². The summed E-state index contributed by atoms with van der Waals surface area (Å²) >= 11 is 3.57. The van der Waals surface area contributed by atoms with Crippen molar-refractivity contribution in [3.8, 4) is 0 Å². The van der Waals surface area contributed by atoms with Gasteiger partial charge in [-0.2, -0.15) is 0 Å². The fraction of sp³-hybridized carbons (Fsp3) is 0.533. The molecule has 1 N–H and O–H groups in total. The Balaban J connectivity index is 1.60. The van der Waals surface area contributed by atoms with E-state index in [1.54, 1.807) is 0 Å². The van der Waals surface area contributed by atoms with Crippen molar-refractivity contribution in [2.75, 3.05) is 0 Å². The standard InChI is InChI=1S/C15H18BrNO/c1-9(10-6-7-10)17-15(18)13-8-12(13)11-4-2-3-5-14(11)16/h2-5,9-10,12-13H,6-8H2,1H3,(H,17,18)/t9-,12-,13-/m0/s1. The second-order valence-corrected chi connectivity index (χ2v) is 6.46. The Kier molecular flexibility index (Phi) is 3.18. The summed E-state index contributed by atoms with van der Waals surface area (Å²) in [7, 11) is 0. The molecule has 0 aliphatic heterocycles. The van der Waals surface area contributed by atoms with E-state index >= 15 is 0 Å². The molecule has 2 aliphatic rings. The van der Waals surface area contributed by atoms with E-state index in [1.165, 1.54) is 18.4 Å². The van der Waals surface area contributed by atoms with Crippen molar-refractivity contribution in [2.45, 2.75) is 38.1 Å². The molecule has 0 heterocycles. The summed E-state index contributed by atoms with van der Waals surface area (Å²) in [6.07, 6.45) is 3.55. The molecule has 1 aromatic carbocycles. The minimum atomic E-state index is 0.185. The van der Waals surface area contributed by atoms with Crippen molar-refractivity contribution < 1.29 is 4.79 Å². The predicted octanol–water partition coefficient (Wildman–Crippen LogP) is 3.47. The maximum absolute atomic E-state index is 12.1. The molecule has 18 heavy (non-hydrogen) atoms. The van der Waals surface area contributed by atoms with E-state index in [0.29, 0.717) is 12.0 Å². The molecule has 3 atom stereocenters. The van der Waals surface area contributed by atoms with Gasteiger partial charge in [0.15, 0.2) is 0 Å². The van der Waals surface area contributed by atoms with Gasteiger partial charge in [-0.3, -0.25) is 4.79 Å². The maximum Gasteiger partial charge on any atom is 0.223 e. The Labute approximate surface area is 116 Å². The van der Waals surface area contributed by atoms with Crippen LogP contribution in [0, 0.1) is 11.8 Å². The van der Waals surface area contributed by atoms with Gasteiger partial charge in [-0.05, 0) is 49.7 Å². The number of nitrogens with one attached hydrogen (secondary N) is 1. The number of hydrogen-bond acceptors (Lipinski definition) is 1. The first-order chi connectivity index (χ1) is 8.66. The van der Waals surface area contributed by atoms with Gasteiger partial charge in [-0.1, -0.05) is 34.1 Å². The summed E-state index contributed by atoms with van der Waals surface area (Å²) in [6.45, 7) is 2.13. The van der Waals surface area contributed by atoms with Gasteiger partial charge in [0.1, 0.15) is 0 Å². The molecule has 0 spiro atoms. The Morgan fingerprint density at radius 1 is 1.39 bits per heavy atom. The first kappa shape index (κ1) is 12.2. The van der Waals surface area contributed by atoms with Gasteiger partial charge >= 0.3 is 0 Å². The molecule has 0 aromatic heterocycles. The van der Waals surface area contributed by atoms with E-state index in [9.17, 15) is 4.79 Å². The smallest absolute Gasteiger partial charge is 0.223 e. The summed E-state index contributed by atoms with van der Waals surface area (Å²) < 4.78 is 1.13. The summed E-state index contributed by atoms with van der Waals surface area (Å²) in [4.78, 5) is 12.1. The van der Waals surface area contributed by atoms with Gasteiger partial charge in [0.25, 0.3) is 0 Å². The molecule has 0 bridgehead atoms. The van der Waals surface area contributed by atoms with E-state index in [0.717, 1.165) is 16.8 Å². The molecule has 1 amide bonds. The Hall–Kier alpha value is -0.830. The lowest BCUT2D eigenvalue weighted by Gasteiger charge is -2.12. The molecule has 3 heteroatoms. The number of carbonyl (C=O) groups is 1. The highest BCUT2D eigenvalue weighted by molar-refractivity contribution is 9.10. The molecule has 2 saturated carbocycles. The molecule has 0 unspecified atom stereocenters. The van der Waals surface area contributed by atoms with Gasteiger partial charge < -0.3 is 5.32 Å². The van der Waals surface area contributed by atoms with Crippen LogP contribution >= 0.6 is 15.9 Å². The molecular weight excluding hydrogens is 290 g/mol. The van der Waals surface area contributed by atoms with Crippen LogP contribution in [0.2, 0.25) is 0 Å². The third-order valence-corrected chi connectivity index (χ3v) is 4.85.